The van der Waals surface area contributed by atoms with Gasteiger partial charge in [-0.2, -0.15) is 5.26 Å². The predicted molar refractivity (Wildman–Crippen MR) is 91.2 cm³/mol. The van der Waals surface area contributed by atoms with Crippen LogP contribution in [-0.4, -0.2) is 15.1 Å². The summed E-state index contributed by atoms with van der Waals surface area (Å²) >= 11 is 0. The fourth-order valence-corrected chi connectivity index (χ4v) is 2.22. The number of aromatic hydroxyl groups is 2. The summed E-state index contributed by atoms with van der Waals surface area (Å²) in [6.45, 7) is 3.75. The maximum atomic E-state index is 10.8. The number of nitro benzene ring substituents is 1. The van der Waals surface area contributed by atoms with Crippen molar-refractivity contribution < 1.29 is 19.9 Å². The van der Waals surface area contributed by atoms with Crippen LogP contribution in [0.2, 0.25) is 0 Å². The predicted octanol–water partition coefficient (Wildman–Crippen LogP) is 3.82. The van der Waals surface area contributed by atoms with Crippen molar-refractivity contribution in [3.8, 4) is 23.3 Å². The maximum Gasteiger partial charge on any atom is 0.318 e. The third-order valence-corrected chi connectivity index (χ3v) is 3.53. The minimum absolute atomic E-state index is 0.0731. The number of phenolic OH excluding ortho intramolecular Hbond substituents is 2. The molecule has 7 nitrogen and oxygen atoms in total. The highest BCUT2D eigenvalue weighted by atomic mass is 16.6. The van der Waals surface area contributed by atoms with Crippen molar-refractivity contribution >= 4 is 11.8 Å². The standard InChI is InChI=1S/C18H16N2O5/c1-11(9-19)5-14-4-3-13(6-12(14)2)10-25-15-7-16(20(23)24)18(22)17(21)8-15/h3-8,21-22H,10H2,1-2H3/b11-5-. The van der Waals surface area contributed by atoms with E-state index in [4.69, 9.17) is 10.00 Å². The average molecular weight is 340 g/mol. The molecule has 0 aromatic heterocycles. The van der Waals surface area contributed by atoms with Gasteiger partial charge in [0, 0.05) is 11.6 Å². The molecule has 0 atom stereocenters. The Kier molecular flexibility index (Phi) is 5.25. The van der Waals surface area contributed by atoms with E-state index in [2.05, 4.69) is 6.07 Å². The minimum atomic E-state index is -0.801. The third kappa shape index (κ3) is 4.26. The molecular formula is C18H16N2O5. The Morgan fingerprint density at radius 2 is 2.08 bits per heavy atom. The number of nitro groups is 1. The summed E-state index contributed by atoms with van der Waals surface area (Å²) in [5.41, 5.74) is 2.66. The van der Waals surface area contributed by atoms with Crippen LogP contribution in [0.3, 0.4) is 0 Å². The molecule has 0 aliphatic rings. The summed E-state index contributed by atoms with van der Waals surface area (Å²) in [5.74, 6) is -1.34. The molecule has 0 aliphatic carbocycles. The van der Waals surface area contributed by atoms with Crippen LogP contribution in [0, 0.1) is 28.4 Å². The number of phenols is 2. The van der Waals surface area contributed by atoms with E-state index >= 15 is 0 Å². The first-order valence-corrected chi connectivity index (χ1v) is 7.33. The molecule has 0 heterocycles. The SMILES string of the molecule is C/C(C#N)=C/c1ccc(COc2cc(O)c(O)c([N+](=O)[O-])c2)cc1C. The van der Waals surface area contributed by atoms with Crippen molar-refractivity contribution in [3.05, 3.63) is 62.7 Å². The van der Waals surface area contributed by atoms with Gasteiger partial charge in [-0.3, -0.25) is 10.1 Å². The van der Waals surface area contributed by atoms with Crippen LogP contribution in [0.1, 0.15) is 23.6 Å². The molecule has 0 fully saturated rings. The molecule has 2 aromatic carbocycles. The molecule has 7 heteroatoms. The molecule has 0 unspecified atom stereocenters. The van der Waals surface area contributed by atoms with Gasteiger partial charge in [0.1, 0.15) is 12.4 Å². The number of hydrogen-bond donors (Lipinski definition) is 2. The van der Waals surface area contributed by atoms with E-state index < -0.39 is 22.1 Å². The van der Waals surface area contributed by atoms with Gasteiger partial charge in [0.25, 0.3) is 0 Å². The van der Waals surface area contributed by atoms with E-state index in [0.717, 1.165) is 28.8 Å². The molecule has 0 amide bonds. The Bertz CT molecular complexity index is 897. The summed E-state index contributed by atoms with van der Waals surface area (Å²) in [4.78, 5) is 10.0. The third-order valence-electron chi connectivity index (χ3n) is 3.53. The van der Waals surface area contributed by atoms with Gasteiger partial charge < -0.3 is 14.9 Å². The van der Waals surface area contributed by atoms with Crippen molar-refractivity contribution in [2.24, 2.45) is 0 Å². The zero-order chi connectivity index (χ0) is 18.6. The molecule has 0 saturated heterocycles. The Hall–Kier alpha value is -3.53. The molecular weight excluding hydrogens is 324 g/mol. The van der Waals surface area contributed by atoms with Gasteiger partial charge in [-0.1, -0.05) is 18.2 Å². The van der Waals surface area contributed by atoms with E-state index in [1.807, 2.05) is 25.1 Å². The lowest BCUT2D eigenvalue weighted by Gasteiger charge is -2.09. The minimum Gasteiger partial charge on any atom is -0.504 e. The molecule has 0 spiro atoms. The smallest absolute Gasteiger partial charge is 0.318 e. The fraction of sp³-hybridized carbons (Fsp3) is 0.167. The summed E-state index contributed by atoms with van der Waals surface area (Å²) in [6, 6.07) is 9.78. The van der Waals surface area contributed by atoms with Crippen molar-refractivity contribution in [1.29, 1.82) is 5.26 Å². The van der Waals surface area contributed by atoms with Crippen molar-refractivity contribution in [2.75, 3.05) is 0 Å². The largest absolute Gasteiger partial charge is 0.504 e. The summed E-state index contributed by atoms with van der Waals surface area (Å²) in [5, 5.41) is 38.7. The fourth-order valence-electron chi connectivity index (χ4n) is 2.22. The van der Waals surface area contributed by atoms with E-state index in [0.29, 0.717) is 5.57 Å². The van der Waals surface area contributed by atoms with E-state index in [9.17, 15) is 20.3 Å². The monoisotopic (exact) mass is 340 g/mol. The van der Waals surface area contributed by atoms with Gasteiger partial charge in [-0.25, -0.2) is 0 Å². The molecule has 2 aromatic rings. The van der Waals surface area contributed by atoms with Crippen LogP contribution < -0.4 is 4.74 Å². The van der Waals surface area contributed by atoms with Crippen molar-refractivity contribution in [3.63, 3.8) is 0 Å². The summed E-state index contributed by atoms with van der Waals surface area (Å²) in [7, 11) is 0. The first-order valence-electron chi connectivity index (χ1n) is 7.33. The Morgan fingerprint density at radius 1 is 1.36 bits per heavy atom. The highest BCUT2D eigenvalue weighted by Crippen LogP contribution is 2.39. The lowest BCUT2D eigenvalue weighted by Crippen LogP contribution is -1.98. The average Bonchev–Trinajstić information content (AvgIpc) is 2.57. The zero-order valence-corrected chi connectivity index (χ0v) is 13.7. The van der Waals surface area contributed by atoms with Crippen LogP contribution in [0.5, 0.6) is 17.2 Å². The van der Waals surface area contributed by atoms with Gasteiger partial charge in [0.15, 0.2) is 5.75 Å². The second-order valence-electron chi connectivity index (χ2n) is 5.49. The van der Waals surface area contributed by atoms with Crippen LogP contribution in [0.25, 0.3) is 6.08 Å². The van der Waals surface area contributed by atoms with Gasteiger partial charge in [0.05, 0.1) is 17.1 Å². The molecule has 0 saturated carbocycles. The van der Waals surface area contributed by atoms with E-state index in [1.54, 1.807) is 13.0 Å². The van der Waals surface area contributed by atoms with Crippen LogP contribution in [0.15, 0.2) is 35.9 Å². The van der Waals surface area contributed by atoms with Crippen molar-refractivity contribution in [1.82, 2.24) is 0 Å². The number of rotatable bonds is 5. The van der Waals surface area contributed by atoms with Crippen LogP contribution in [-0.2, 0) is 6.61 Å². The number of hydrogen-bond acceptors (Lipinski definition) is 6. The molecule has 128 valence electrons. The summed E-state index contributed by atoms with van der Waals surface area (Å²) in [6.07, 6.45) is 1.78. The number of nitriles is 1. The number of aryl methyl sites for hydroxylation is 1. The van der Waals surface area contributed by atoms with E-state index in [-0.39, 0.29) is 12.4 Å². The molecule has 0 bridgehead atoms. The lowest BCUT2D eigenvalue weighted by molar-refractivity contribution is -0.386. The molecule has 0 aliphatic heterocycles. The van der Waals surface area contributed by atoms with Gasteiger partial charge in [0.2, 0.25) is 5.75 Å². The lowest BCUT2D eigenvalue weighted by atomic mass is 10.0. The number of ether oxygens (including phenoxy) is 1. The van der Waals surface area contributed by atoms with Gasteiger partial charge in [-0.15, -0.1) is 0 Å². The molecule has 2 rings (SSSR count). The zero-order valence-electron chi connectivity index (χ0n) is 13.7. The molecule has 2 N–H and O–H groups in total. The van der Waals surface area contributed by atoms with Crippen LogP contribution in [0.4, 0.5) is 5.69 Å². The first-order chi connectivity index (χ1) is 11.8. The number of allylic oxidation sites excluding steroid dienone is 1. The van der Waals surface area contributed by atoms with E-state index in [1.165, 1.54) is 0 Å². The second-order valence-corrected chi connectivity index (χ2v) is 5.49. The second kappa shape index (κ2) is 7.36. The topological polar surface area (TPSA) is 117 Å². The quantitative estimate of drug-likeness (QED) is 0.370. The first kappa shape index (κ1) is 17.8. The molecule has 25 heavy (non-hydrogen) atoms. The highest BCUT2D eigenvalue weighted by Gasteiger charge is 2.19. The Balaban J connectivity index is 2.19. The van der Waals surface area contributed by atoms with Gasteiger partial charge in [-0.05, 0) is 36.6 Å². The normalized spacial score (nSPS) is 11.0. The van der Waals surface area contributed by atoms with Crippen LogP contribution >= 0.6 is 0 Å². The Labute approximate surface area is 144 Å². The highest BCUT2D eigenvalue weighted by molar-refractivity contribution is 5.60. The summed E-state index contributed by atoms with van der Waals surface area (Å²) < 4.78 is 5.47. The molecule has 0 radical (unpaired) electrons. The van der Waals surface area contributed by atoms with Crippen molar-refractivity contribution in [2.45, 2.75) is 20.5 Å². The maximum absolute atomic E-state index is 10.8. The number of nitrogens with zero attached hydrogens (tertiary/aromatic N) is 2. The number of benzene rings is 2. The van der Waals surface area contributed by atoms with Gasteiger partial charge >= 0.3 is 5.69 Å². The Morgan fingerprint density at radius 3 is 2.68 bits per heavy atom.